The minimum absolute atomic E-state index is 0.0185. The van der Waals surface area contributed by atoms with Gasteiger partial charge in [-0.1, -0.05) is 31.5 Å². The van der Waals surface area contributed by atoms with Crippen LogP contribution in [0, 0.1) is 12.3 Å². The van der Waals surface area contributed by atoms with Gasteiger partial charge in [0.25, 0.3) is 0 Å². The zero-order valence-electron chi connectivity index (χ0n) is 10.2. The van der Waals surface area contributed by atoms with Gasteiger partial charge in [0.05, 0.1) is 6.10 Å². The summed E-state index contributed by atoms with van der Waals surface area (Å²) in [6, 6.07) is 7.99. The molecule has 0 spiro atoms. The molecule has 1 aromatic rings. The molecule has 2 unspecified atom stereocenters. The Kier molecular flexibility index (Phi) is 2.94. The number of hydrogen-bond donors (Lipinski definition) is 1. The lowest BCUT2D eigenvalue weighted by atomic mass is 9.89. The van der Waals surface area contributed by atoms with E-state index in [1.165, 1.54) is 5.56 Å². The van der Waals surface area contributed by atoms with Crippen LogP contribution in [0.5, 0.6) is 5.75 Å². The average Bonchev–Trinajstić information content (AvgIpc) is 2.49. The third-order valence-corrected chi connectivity index (χ3v) is 3.53. The fourth-order valence-electron chi connectivity index (χ4n) is 2.24. The fourth-order valence-corrected chi connectivity index (χ4v) is 2.24. The number of aliphatic hydroxyl groups excluding tert-OH is 1. The van der Waals surface area contributed by atoms with Gasteiger partial charge in [0, 0.05) is 0 Å². The van der Waals surface area contributed by atoms with Crippen LogP contribution in [0.3, 0.4) is 0 Å². The third-order valence-electron chi connectivity index (χ3n) is 3.53. The molecule has 2 rings (SSSR count). The van der Waals surface area contributed by atoms with Crippen LogP contribution in [0.4, 0.5) is 0 Å². The van der Waals surface area contributed by atoms with E-state index in [2.05, 4.69) is 20.8 Å². The second kappa shape index (κ2) is 4.10. The molecule has 2 heteroatoms. The molecule has 1 aliphatic rings. The van der Waals surface area contributed by atoms with Gasteiger partial charge in [-0.25, -0.2) is 0 Å². The van der Waals surface area contributed by atoms with Crippen molar-refractivity contribution in [3.63, 3.8) is 0 Å². The summed E-state index contributed by atoms with van der Waals surface area (Å²) >= 11 is 0. The van der Waals surface area contributed by atoms with Gasteiger partial charge in [0.1, 0.15) is 11.9 Å². The van der Waals surface area contributed by atoms with Crippen LogP contribution in [0.15, 0.2) is 24.3 Å². The van der Waals surface area contributed by atoms with Crippen molar-refractivity contribution in [2.24, 2.45) is 5.41 Å². The van der Waals surface area contributed by atoms with Crippen LogP contribution >= 0.6 is 0 Å². The summed E-state index contributed by atoms with van der Waals surface area (Å²) in [6.45, 7) is 6.24. The lowest BCUT2D eigenvalue weighted by Crippen LogP contribution is -2.34. The first kappa shape index (κ1) is 11.5. The molecule has 88 valence electrons. The van der Waals surface area contributed by atoms with E-state index in [-0.39, 0.29) is 17.6 Å². The van der Waals surface area contributed by atoms with Gasteiger partial charge in [-0.05, 0) is 37.3 Å². The minimum Gasteiger partial charge on any atom is -0.488 e. The Balaban J connectivity index is 2.04. The molecule has 2 atom stereocenters. The molecule has 0 amide bonds. The maximum atomic E-state index is 10.1. The van der Waals surface area contributed by atoms with Gasteiger partial charge >= 0.3 is 0 Å². The van der Waals surface area contributed by atoms with E-state index in [1.54, 1.807) is 0 Å². The standard InChI is InChI=1S/C14H20O2/c1-10-4-6-11(7-5-10)16-12-8-9-14(2,3)13(12)15/h4-7,12-13,15H,8-9H2,1-3H3. The molecule has 0 saturated heterocycles. The summed E-state index contributed by atoms with van der Waals surface area (Å²) in [7, 11) is 0. The monoisotopic (exact) mass is 220 g/mol. The molecular weight excluding hydrogens is 200 g/mol. The molecule has 1 saturated carbocycles. The zero-order chi connectivity index (χ0) is 11.8. The molecule has 2 nitrogen and oxygen atoms in total. The van der Waals surface area contributed by atoms with E-state index in [9.17, 15) is 5.11 Å². The molecule has 1 fully saturated rings. The topological polar surface area (TPSA) is 29.5 Å². The second-order valence-electron chi connectivity index (χ2n) is 5.44. The normalized spacial score (nSPS) is 28.0. The first-order valence-electron chi connectivity index (χ1n) is 5.90. The van der Waals surface area contributed by atoms with Gasteiger partial charge in [-0.2, -0.15) is 0 Å². The molecule has 0 heterocycles. The predicted molar refractivity (Wildman–Crippen MR) is 64.6 cm³/mol. The number of benzene rings is 1. The lowest BCUT2D eigenvalue weighted by Gasteiger charge is -2.25. The quantitative estimate of drug-likeness (QED) is 0.830. The van der Waals surface area contributed by atoms with Crippen LogP contribution in [0.25, 0.3) is 0 Å². The molecule has 0 aliphatic heterocycles. The summed E-state index contributed by atoms with van der Waals surface area (Å²) in [5, 5.41) is 10.1. The van der Waals surface area contributed by atoms with Crippen LogP contribution in [-0.2, 0) is 0 Å². The number of aliphatic hydroxyl groups is 1. The van der Waals surface area contributed by atoms with Gasteiger partial charge in [0.2, 0.25) is 0 Å². The summed E-state index contributed by atoms with van der Waals surface area (Å²) in [6.07, 6.45) is 1.53. The molecule has 0 aromatic heterocycles. The lowest BCUT2D eigenvalue weighted by molar-refractivity contribution is 0.00492. The van der Waals surface area contributed by atoms with Crippen molar-refractivity contribution < 1.29 is 9.84 Å². The van der Waals surface area contributed by atoms with Crippen LogP contribution in [-0.4, -0.2) is 17.3 Å². The fraction of sp³-hybridized carbons (Fsp3) is 0.571. The number of hydrogen-bond acceptors (Lipinski definition) is 2. The Labute approximate surface area is 97.3 Å². The molecule has 0 radical (unpaired) electrons. The summed E-state index contributed by atoms with van der Waals surface area (Å²) in [5.41, 5.74) is 1.20. The molecular formula is C14H20O2. The molecule has 1 N–H and O–H groups in total. The molecule has 16 heavy (non-hydrogen) atoms. The van der Waals surface area contributed by atoms with Gasteiger partial charge in [-0.15, -0.1) is 0 Å². The second-order valence-corrected chi connectivity index (χ2v) is 5.44. The van der Waals surface area contributed by atoms with Crippen LogP contribution in [0.2, 0.25) is 0 Å². The average molecular weight is 220 g/mol. The van der Waals surface area contributed by atoms with Crippen LogP contribution < -0.4 is 4.74 Å². The Morgan fingerprint density at radius 3 is 2.38 bits per heavy atom. The Morgan fingerprint density at radius 2 is 1.88 bits per heavy atom. The first-order chi connectivity index (χ1) is 7.49. The van der Waals surface area contributed by atoms with Gasteiger partial charge in [0.15, 0.2) is 0 Å². The van der Waals surface area contributed by atoms with Crippen molar-refractivity contribution in [3.8, 4) is 5.75 Å². The van der Waals surface area contributed by atoms with Crippen molar-refractivity contribution >= 4 is 0 Å². The van der Waals surface area contributed by atoms with Crippen molar-refractivity contribution in [2.75, 3.05) is 0 Å². The zero-order valence-corrected chi connectivity index (χ0v) is 10.2. The maximum Gasteiger partial charge on any atom is 0.125 e. The SMILES string of the molecule is Cc1ccc(OC2CCC(C)(C)C2O)cc1. The minimum atomic E-state index is -0.367. The van der Waals surface area contributed by atoms with E-state index < -0.39 is 0 Å². The molecule has 1 aromatic carbocycles. The van der Waals surface area contributed by atoms with Gasteiger partial charge in [-0.3, -0.25) is 0 Å². The van der Waals surface area contributed by atoms with E-state index in [0.29, 0.717) is 0 Å². The highest BCUT2D eigenvalue weighted by Crippen LogP contribution is 2.39. The highest BCUT2D eigenvalue weighted by Gasteiger charge is 2.42. The van der Waals surface area contributed by atoms with Crippen molar-refractivity contribution in [1.29, 1.82) is 0 Å². The Hall–Kier alpha value is -1.02. The van der Waals surface area contributed by atoms with E-state index in [1.807, 2.05) is 24.3 Å². The smallest absolute Gasteiger partial charge is 0.125 e. The van der Waals surface area contributed by atoms with E-state index in [4.69, 9.17) is 4.74 Å². The first-order valence-corrected chi connectivity index (χ1v) is 5.90. The summed E-state index contributed by atoms with van der Waals surface area (Å²) < 4.78 is 5.83. The predicted octanol–water partition coefficient (Wildman–Crippen LogP) is 2.92. The maximum absolute atomic E-state index is 10.1. The molecule has 0 bridgehead atoms. The van der Waals surface area contributed by atoms with Crippen molar-refractivity contribution in [2.45, 2.75) is 45.8 Å². The Bertz CT molecular complexity index is 354. The highest BCUT2D eigenvalue weighted by atomic mass is 16.5. The summed E-state index contributed by atoms with van der Waals surface area (Å²) in [4.78, 5) is 0. The van der Waals surface area contributed by atoms with Crippen LogP contribution in [0.1, 0.15) is 32.3 Å². The Morgan fingerprint density at radius 1 is 1.25 bits per heavy atom. The molecule has 1 aliphatic carbocycles. The number of rotatable bonds is 2. The summed E-state index contributed by atoms with van der Waals surface area (Å²) in [5.74, 6) is 0.854. The largest absolute Gasteiger partial charge is 0.488 e. The number of ether oxygens (including phenoxy) is 1. The van der Waals surface area contributed by atoms with E-state index >= 15 is 0 Å². The van der Waals surface area contributed by atoms with Crippen molar-refractivity contribution in [3.05, 3.63) is 29.8 Å². The highest BCUT2D eigenvalue weighted by molar-refractivity contribution is 5.26. The number of aryl methyl sites for hydroxylation is 1. The van der Waals surface area contributed by atoms with E-state index in [0.717, 1.165) is 18.6 Å². The van der Waals surface area contributed by atoms with Crippen molar-refractivity contribution in [1.82, 2.24) is 0 Å². The third kappa shape index (κ3) is 2.22. The van der Waals surface area contributed by atoms with Gasteiger partial charge < -0.3 is 9.84 Å².